The molecule has 0 fully saturated rings. The Kier molecular flexibility index (Phi) is 12.5. The third-order valence-corrected chi connectivity index (χ3v) is 6.15. The quantitative estimate of drug-likeness (QED) is 0.154. The average Bonchev–Trinajstić information content (AvgIpc) is 3.27. The van der Waals surface area contributed by atoms with Gasteiger partial charge in [-0.1, -0.05) is 76.3 Å². The van der Waals surface area contributed by atoms with E-state index in [1.54, 1.807) is 12.1 Å². The summed E-state index contributed by atoms with van der Waals surface area (Å²) in [6.45, 7) is 16.7. The van der Waals surface area contributed by atoms with E-state index in [2.05, 4.69) is 30.3 Å². The molecule has 0 radical (unpaired) electrons. The molecule has 2 aromatic carbocycles. The molecular formula is C34H43FN2O. The zero-order chi connectivity index (χ0) is 28.1. The van der Waals surface area contributed by atoms with Gasteiger partial charge in [-0.3, -0.25) is 4.79 Å². The molecule has 3 aromatic rings. The van der Waals surface area contributed by atoms with Gasteiger partial charge in [-0.15, -0.1) is 6.58 Å². The Morgan fingerprint density at radius 1 is 1.03 bits per heavy atom. The molecule has 0 aliphatic rings. The van der Waals surface area contributed by atoms with Gasteiger partial charge in [-0.2, -0.15) is 0 Å². The van der Waals surface area contributed by atoms with Crippen LogP contribution in [0.4, 0.5) is 4.39 Å². The van der Waals surface area contributed by atoms with Gasteiger partial charge in [0.1, 0.15) is 5.82 Å². The molecular weight excluding hydrogens is 471 g/mol. The maximum atomic E-state index is 13.9. The van der Waals surface area contributed by atoms with E-state index in [-0.39, 0.29) is 17.6 Å². The lowest BCUT2D eigenvalue weighted by atomic mass is 9.94. The summed E-state index contributed by atoms with van der Waals surface area (Å²) in [5.74, 6) is -0.318. The van der Waals surface area contributed by atoms with Gasteiger partial charge in [0.05, 0.1) is 11.3 Å². The summed E-state index contributed by atoms with van der Waals surface area (Å²) in [5, 5.41) is 3.10. The summed E-state index contributed by atoms with van der Waals surface area (Å²) in [6.07, 6.45) is 10.6. The van der Waals surface area contributed by atoms with E-state index in [9.17, 15) is 9.18 Å². The van der Waals surface area contributed by atoms with Crippen molar-refractivity contribution in [3.8, 4) is 22.4 Å². The summed E-state index contributed by atoms with van der Waals surface area (Å²) in [7, 11) is 0. The third-order valence-electron chi connectivity index (χ3n) is 6.15. The molecule has 3 nitrogen and oxygen atoms in total. The van der Waals surface area contributed by atoms with Gasteiger partial charge in [0.15, 0.2) is 0 Å². The Hall–Kier alpha value is -3.66. The highest BCUT2D eigenvalue weighted by Crippen LogP contribution is 2.42. The number of rotatable bonds is 11. The highest BCUT2D eigenvalue weighted by molar-refractivity contribution is 6.07. The number of nitrogens with one attached hydrogen (secondary N) is 1. The number of carbonyl (C=O) groups excluding carboxylic acids is 1. The largest absolute Gasteiger partial charge is 0.343 e. The highest BCUT2D eigenvalue weighted by Gasteiger charge is 2.30. The Bertz CT molecular complexity index is 1230. The van der Waals surface area contributed by atoms with Gasteiger partial charge >= 0.3 is 0 Å². The SMILES string of the molecule is C=CCCCCn1c(-c2ccc(F)cc2)c(-c2ccccc2)c(C(=O)N/C(C)=C/C=C\C)c1C(C)C.CC. The molecule has 4 heteroatoms. The normalized spacial score (nSPS) is 11.4. The number of amides is 1. The molecule has 0 bridgehead atoms. The van der Waals surface area contributed by atoms with E-state index in [1.807, 2.05) is 82.3 Å². The molecule has 1 N–H and O–H groups in total. The van der Waals surface area contributed by atoms with Crippen molar-refractivity contribution in [1.82, 2.24) is 9.88 Å². The molecule has 0 aliphatic carbocycles. The van der Waals surface area contributed by atoms with Crippen molar-refractivity contribution in [2.45, 2.75) is 73.3 Å². The number of hydrogen-bond acceptors (Lipinski definition) is 1. The summed E-state index contributed by atoms with van der Waals surface area (Å²) in [5.41, 5.74) is 6.11. The van der Waals surface area contributed by atoms with Gasteiger partial charge < -0.3 is 9.88 Å². The minimum atomic E-state index is -0.282. The number of halogens is 1. The van der Waals surface area contributed by atoms with Crippen LogP contribution in [0.25, 0.3) is 22.4 Å². The number of benzene rings is 2. The molecule has 202 valence electrons. The van der Waals surface area contributed by atoms with Crippen LogP contribution in [0.5, 0.6) is 0 Å². The minimum absolute atomic E-state index is 0.0987. The van der Waals surface area contributed by atoms with Crippen molar-refractivity contribution in [3.63, 3.8) is 0 Å². The second-order valence-electron chi connectivity index (χ2n) is 9.28. The maximum absolute atomic E-state index is 13.9. The Labute approximate surface area is 228 Å². The molecule has 1 aromatic heterocycles. The zero-order valence-corrected chi connectivity index (χ0v) is 23.9. The lowest BCUT2D eigenvalue weighted by molar-refractivity contribution is 0.0965. The molecule has 3 rings (SSSR count). The summed E-state index contributed by atoms with van der Waals surface area (Å²) in [4.78, 5) is 13.9. The molecule has 0 spiro atoms. The first-order valence-corrected chi connectivity index (χ1v) is 13.7. The van der Waals surface area contributed by atoms with Crippen LogP contribution in [0, 0.1) is 5.82 Å². The first kappa shape index (κ1) is 30.6. The van der Waals surface area contributed by atoms with Gasteiger partial charge in [0.2, 0.25) is 0 Å². The van der Waals surface area contributed by atoms with Crippen molar-refractivity contribution >= 4 is 5.91 Å². The topological polar surface area (TPSA) is 34.0 Å². The Morgan fingerprint density at radius 3 is 2.26 bits per heavy atom. The van der Waals surface area contributed by atoms with E-state index in [0.29, 0.717) is 5.56 Å². The number of nitrogens with zero attached hydrogens (tertiary/aromatic N) is 1. The van der Waals surface area contributed by atoms with Crippen molar-refractivity contribution < 1.29 is 9.18 Å². The van der Waals surface area contributed by atoms with Crippen molar-refractivity contribution in [1.29, 1.82) is 0 Å². The lowest BCUT2D eigenvalue weighted by Crippen LogP contribution is -2.23. The fourth-order valence-corrected chi connectivity index (χ4v) is 4.58. The van der Waals surface area contributed by atoms with E-state index in [4.69, 9.17) is 0 Å². The molecule has 0 unspecified atom stereocenters. The summed E-state index contributed by atoms with van der Waals surface area (Å²) in [6, 6.07) is 16.6. The fourth-order valence-electron chi connectivity index (χ4n) is 4.58. The maximum Gasteiger partial charge on any atom is 0.257 e. The molecule has 0 aliphatic heterocycles. The Morgan fingerprint density at radius 2 is 1.68 bits per heavy atom. The number of aromatic nitrogens is 1. The van der Waals surface area contributed by atoms with Gasteiger partial charge in [0.25, 0.3) is 5.91 Å². The number of unbranched alkanes of at least 4 members (excludes halogenated alkanes) is 2. The number of hydrogen-bond donors (Lipinski definition) is 1. The first-order chi connectivity index (χ1) is 18.4. The van der Waals surface area contributed by atoms with E-state index in [0.717, 1.165) is 59.6 Å². The standard InChI is InChI=1S/C32H37FN2O.C2H6/c1-6-8-10-14-22-35-30(23(3)4)29(32(36)34-24(5)15-9-7-2)28(25-16-12-11-13-17-25)31(35)26-18-20-27(33)21-19-26;1-2/h6-7,9,11-13,15-21,23H,1,8,10,14,22H2,2-5H3,(H,34,36);1-2H3/b9-7-,24-15+;. The number of allylic oxidation sites excluding steroid dienone is 5. The van der Waals surface area contributed by atoms with Gasteiger partial charge in [-0.05, 0) is 80.5 Å². The second-order valence-corrected chi connectivity index (χ2v) is 9.28. The molecule has 0 atom stereocenters. The zero-order valence-electron chi connectivity index (χ0n) is 23.9. The van der Waals surface area contributed by atoms with E-state index in [1.165, 1.54) is 12.1 Å². The Balaban J connectivity index is 0.00000247. The van der Waals surface area contributed by atoms with Crippen LogP contribution in [0.2, 0.25) is 0 Å². The van der Waals surface area contributed by atoms with Crippen LogP contribution in [-0.2, 0) is 6.54 Å². The van der Waals surface area contributed by atoms with Crippen LogP contribution < -0.4 is 5.32 Å². The smallest absolute Gasteiger partial charge is 0.257 e. The lowest BCUT2D eigenvalue weighted by Gasteiger charge is -2.17. The molecule has 1 heterocycles. The minimum Gasteiger partial charge on any atom is -0.343 e. The molecule has 0 saturated carbocycles. The third kappa shape index (κ3) is 7.67. The van der Waals surface area contributed by atoms with Gasteiger partial charge in [-0.25, -0.2) is 4.39 Å². The van der Waals surface area contributed by atoms with Crippen LogP contribution >= 0.6 is 0 Å². The summed E-state index contributed by atoms with van der Waals surface area (Å²) >= 11 is 0. The highest BCUT2D eigenvalue weighted by atomic mass is 19.1. The van der Waals surface area contributed by atoms with Gasteiger partial charge in [0, 0.05) is 23.5 Å². The van der Waals surface area contributed by atoms with E-state index >= 15 is 0 Å². The fraction of sp³-hybridized carbons (Fsp3) is 0.324. The van der Waals surface area contributed by atoms with Crippen LogP contribution in [0.15, 0.2) is 91.2 Å². The number of carbonyl (C=O) groups is 1. The molecule has 38 heavy (non-hydrogen) atoms. The molecule has 1 amide bonds. The first-order valence-electron chi connectivity index (χ1n) is 13.7. The van der Waals surface area contributed by atoms with Crippen molar-refractivity contribution in [3.05, 3.63) is 108 Å². The van der Waals surface area contributed by atoms with Crippen LogP contribution in [0.3, 0.4) is 0 Å². The van der Waals surface area contributed by atoms with E-state index < -0.39 is 0 Å². The predicted molar refractivity (Wildman–Crippen MR) is 161 cm³/mol. The predicted octanol–water partition coefficient (Wildman–Crippen LogP) is 9.68. The van der Waals surface area contributed by atoms with Crippen molar-refractivity contribution in [2.24, 2.45) is 0 Å². The van der Waals surface area contributed by atoms with Crippen LogP contribution in [-0.4, -0.2) is 10.5 Å². The van der Waals surface area contributed by atoms with Crippen molar-refractivity contribution in [2.75, 3.05) is 0 Å². The second kappa shape index (κ2) is 15.6. The average molecular weight is 515 g/mol. The van der Waals surface area contributed by atoms with Crippen LogP contribution in [0.1, 0.15) is 82.8 Å². The monoisotopic (exact) mass is 514 g/mol. The summed E-state index contributed by atoms with van der Waals surface area (Å²) < 4.78 is 16.2. The molecule has 0 saturated heterocycles.